The van der Waals surface area contributed by atoms with E-state index in [1.165, 1.54) is 30.3 Å². The lowest BCUT2D eigenvalue weighted by Gasteiger charge is -2.03. The average molecular weight is 330 g/mol. The monoisotopic (exact) mass is 330 g/mol. The smallest absolute Gasteiger partial charge is 0.318 e. The van der Waals surface area contributed by atoms with Gasteiger partial charge in [0.05, 0.1) is 11.1 Å². The fraction of sp³-hybridized carbons (Fsp3) is 0. The number of carbonyl (C=O) groups excluding carboxylic acids is 2. The van der Waals surface area contributed by atoms with Crippen molar-refractivity contribution in [1.29, 1.82) is 0 Å². The van der Waals surface area contributed by atoms with Crippen molar-refractivity contribution in [2.75, 3.05) is 5.32 Å². The molecule has 0 aliphatic rings. The number of nitro groups is 1. The Morgan fingerprint density at radius 2 is 1.83 bits per heavy atom. The fourth-order valence-corrected chi connectivity index (χ4v) is 1.66. The minimum Gasteiger partial charge on any atom is -0.318 e. The minimum absolute atomic E-state index is 0.126. The lowest BCUT2D eigenvalue weighted by molar-refractivity contribution is -0.384. The third kappa shape index (κ3) is 4.70. The predicted octanol–water partition coefficient (Wildman–Crippen LogP) is 1.82. The van der Waals surface area contributed by atoms with Gasteiger partial charge in [0.25, 0.3) is 5.69 Å². The van der Waals surface area contributed by atoms with Crippen LogP contribution in [0.5, 0.6) is 0 Å². The Hall–Kier alpha value is -3.62. The van der Waals surface area contributed by atoms with Crippen LogP contribution in [0.1, 0.15) is 5.56 Å². The topological polar surface area (TPSA) is 114 Å². The zero-order valence-corrected chi connectivity index (χ0v) is 12.1. The number of hydrazone groups is 1. The van der Waals surface area contributed by atoms with E-state index < -0.39 is 22.6 Å². The maximum absolute atomic E-state index is 12.7. The number of non-ortho nitro benzene ring substituents is 1. The third-order valence-electron chi connectivity index (χ3n) is 2.77. The van der Waals surface area contributed by atoms with Crippen molar-refractivity contribution in [2.45, 2.75) is 0 Å². The zero-order chi connectivity index (χ0) is 17.5. The Morgan fingerprint density at radius 1 is 1.12 bits per heavy atom. The highest BCUT2D eigenvalue weighted by atomic mass is 19.1. The van der Waals surface area contributed by atoms with Crippen molar-refractivity contribution < 1.29 is 18.9 Å². The second-order valence-electron chi connectivity index (χ2n) is 4.51. The van der Waals surface area contributed by atoms with E-state index in [1.54, 1.807) is 6.07 Å². The van der Waals surface area contributed by atoms with Gasteiger partial charge in [-0.2, -0.15) is 5.10 Å². The van der Waals surface area contributed by atoms with Gasteiger partial charge in [0.2, 0.25) is 0 Å². The van der Waals surface area contributed by atoms with E-state index >= 15 is 0 Å². The van der Waals surface area contributed by atoms with Gasteiger partial charge in [0.15, 0.2) is 0 Å². The molecule has 0 fully saturated rings. The summed E-state index contributed by atoms with van der Waals surface area (Å²) in [6.07, 6.45) is 1.16. The van der Waals surface area contributed by atoms with Gasteiger partial charge in [-0.15, -0.1) is 0 Å². The summed E-state index contributed by atoms with van der Waals surface area (Å²) in [5.74, 6) is -2.50. The molecule has 0 unspecified atom stereocenters. The molecule has 2 amide bonds. The quantitative estimate of drug-likeness (QED) is 0.385. The van der Waals surface area contributed by atoms with Crippen molar-refractivity contribution in [3.8, 4) is 0 Å². The van der Waals surface area contributed by atoms with Gasteiger partial charge in [-0.1, -0.05) is 12.1 Å². The second-order valence-corrected chi connectivity index (χ2v) is 4.51. The molecule has 2 aromatic carbocycles. The summed E-state index contributed by atoms with van der Waals surface area (Å²) in [5, 5.41) is 16.4. The molecule has 8 nitrogen and oxygen atoms in total. The number of nitrogens with zero attached hydrogens (tertiary/aromatic N) is 2. The van der Waals surface area contributed by atoms with Crippen LogP contribution in [0.25, 0.3) is 0 Å². The maximum Gasteiger partial charge on any atom is 0.329 e. The number of hydrogen-bond donors (Lipinski definition) is 2. The Labute approximate surface area is 135 Å². The minimum atomic E-state index is -1.04. The number of nitrogens with one attached hydrogen (secondary N) is 2. The molecule has 2 N–H and O–H groups in total. The van der Waals surface area contributed by atoms with Crippen molar-refractivity contribution in [3.63, 3.8) is 0 Å². The number of amides is 2. The van der Waals surface area contributed by atoms with E-state index in [9.17, 15) is 24.1 Å². The van der Waals surface area contributed by atoms with E-state index in [2.05, 4.69) is 10.4 Å². The molecular formula is C15H11FN4O4. The first-order valence-electron chi connectivity index (χ1n) is 6.60. The van der Waals surface area contributed by atoms with Crippen LogP contribution in [0.15, 0.2) is 53.6 Å². The molecule has 0 atom stereocenters. The van der Waals surface area contributed by atoms with Crippen molar-refractivity contribution in [1.82, 2.24) is 5.43 Å². The van der Waals surface area contributed by atoms with Gasteiger partial charge < -0.3 is 5.32 Å². The Balaban J connectivity index is 1.92. The summed E-state index contributed by atoms with van der Waals surface area (Å²) in [7, 11) is 0. The van der Waals surface area contributed by atoms with Gasteiger partial charge in [-0.25, -0.2) is 9.82 Å². The van der Waals surface area contributed by atoms with Crippen molar-refractivity contribution in [2.24, 2.45) is 5.10 Å². The Kier molecular flexibility index (Phi) is 5.29. The molecule has 0 aliphatic heterocycles. The first-order chi connectivity index (χ1) is 11.5. The van der Waals surface area contributed by atoms with E-state index in [1.807, 2.05) is 5.43 Å². The lowest BCUT2D eigenvalue weighted by Crippen LogP contribution is -2.32. The van der Waals surface area contributed by atoms with Crippen LogP contribution in [-0.4, -0.2) is 23.0 Å². The molecule has 2 rings (SSSR count). The SMILES string of the molecule is O=C(NN=Cc1cccc([N+](=O)[O-])c1)C(=O)Nc1ccc(F)cc1. The predicted molar refractivity (Wildman–Crippen MR) is 83.9 cm³/mol. The fourth-order valence-electron chi connectivity index (χ4n) is 1.66. The third-order valence-corrected chi connectivity index (χ3v) is 2.77. The average Bonchev–Trinajstić information content (AvgIpc) is 2.57. The van der Waals surface area contributed by atoms with Crippen LogP contribution in [-0.2, 0) is 9.59 Å². The molecule has 0 aliphatic carbocycles. The van der Waals surface area contributed by atoms with Crippen LogP contribution in [0.4, 0.5) is 15.8 Å². The highest BCUT2D eigenvalue weighted by molar-refractivity contribution is 6.39. The molecule has 0 bridgehead atoms. The zero-order valence-electron chi connectivity index (χ0n) is 12.1. The van der Waals surface area contributed by atoms with Crippen LogP contribution < -0.4 is 10.7 Å². The van der Waals surface area contributed by atoms with Gasteiger partial charge in [-0.05, 0) is 24.3 Å². The summed E-state index contributed by atoms with van der Waals surface area (Å²) in [5.41, 5.74) is 2.49. The maximum atomic E-state index is 12.7. The van der Waals surface area contributed by atoms with Crippen LogP contribution in [0, 0.1) is 15.9 Å². The first-order valence-corrected chi connectivity index (χ1v) is 6.60. The van der Waals surface area contributed by atoms with Gasteiger partial charge in [0.1, 0.15) is 5.82 Å². The molecule has 122 valence electrons. The summed E-state index contributed by atoms with van der Waals surface area (Å²) in [4.78, 5) is 33.2. The van der Waals surface area contributed by atoms with E-state index in [-0.39, 0.29) is 11.4 Å². The summed E-state index contributed by atoms with van der Waals surface area (Å²) in [6.45, 7) is 0. The Bertz CT molecular complexity index is 805. The van der Waals surface area contributed by atoms with Crippen molar-refractivity contribution in [3.05, 3.63) is 70.0 Å². The van der Waals surface area contributed by atoms with Gasteiger partial charge in [-0.3, -0.25) is 19.7 Å². The molecule has 0 heterocycles. The molecule has 0 radical (unpaired) electrons. The van der Waals surface area contributed by atoms with E-state index in [0.29, 0.717) is 5.56 Å². The van der Waals surface area contributed by atoms with Crippen LogP contribution in [0.2, 0.25) is 0 Å². The molecule has 24 heavy (non-hydrogen) atoms. The molecule has 0 spiro atoms. The molecule has 9 heteroatoms. The molecule has 0 saturated carbocycles. The van der Waals surface area contributed by atoms with Crippen molar-refractivity contribution >= 4 is 29.4 Å². The van der Waals surface area contributed by atoms with Crippen LogP contribution >= 0.6 is 0 Å². The molecule has 2 aromatic rings. The molecule has 0 saturated heterocycles. The number of benzene rings is 2. The highest BCUT2D eigenvalue weighted by Gasteiger charge is 2.12. The largest absolute Gasteiger partial charge is 0.329 e. The summed E-state index contributed by atoms with van der Waals surface area (Å²) < 4.78 is 12.7. The molecular weight excluding hydrogens is 319 g/mol. The van der Waals surface area contributed by atoms with Crippen LogP contribution in [0.3, 0.4) is 0 Å². The highest BCUT2D eigenvalue weighted by Crippen LogP contribution is 2.11. The lowest BCUT2D eigenvalue weighted by atomic mass is 10.2. The number of nitro benzene ring substituents is 1. The molecule has 0 aromatic heterocycles. The number of rotatable bonds is 4. The first kappa shape index (κ1) is 16.7. The number of carbonyl (C=O) groups is 2. The normalized spacial score (nSPS) is 10.4. The van der Waals surface area contributed by atoms with Gasteiger partial charge >= 0.3 is 11.8 Å². The number of anilines is 1. The Morgan fingerprint density at radius 3 is 2.50 bits per heavy atom. The second kappa shape index (κ2) is 7.58. The summed E-state index contributed by atoms with van der Waals surface area (Å²) in [6, 6.07) is 10.4. The number of halogens is 1. The van der Waals surface area contributed by atoms with Gasteiger partial charge in [0, 0.05) is 23.4 Å². The number of hydrogen-bond acceptors (Lipinski definition) is 5. The van der Waals surface area contributed by atoms with E-state index in [4.69, 9.17) is 0 Å². The standard InChI is InChI=1S/C15H11FN4O4/c16-11-4-6-12(7-5-11)18-14(21)15(22)19-17-9-10-2-1-3-13(8-10)20(23)24/h1-9H,(H,18,21)(H,19,22). The van der Waals surface area contributed by atoms with E-state index in [0.717, 1.165) is 18.3 Å². The summed E-state index contributed by atoms with van der Waals surface area (Å²) >= 11 is 0.